The molecule has 0 bridgehead atoms. The van der Waals surface area contributed by atoms with Gasteiger partial charge in [0.2, 0.25) is 0 Å². The van der Waals surface area contributed by atoms with E-state index in [1.54, 1.807) is 11.0 Å². The van der Waals surface area contributed by atoms with Gasteiger partial charge < -0.3 is 14.6 Å². The van der Waals surface area contributed by atoms with Crippen LogP contribution in [0.1, 0.15) is 43.9 Å². The highest BCUT2D eigenvalue weighted by molar-refractivity contribution is 5.81. The molecule has 2 fully saturated rings. The highest BCUT2D eigenvalue weighted by Gasteiger charge is 2.51. The Morgan fingerprint density at radius 2 is 2.11 bits per heavy atom. The van der Waals surface area contributed by atoms with Crippen molar-refractivity contribution in [3.63, 3.8) is 0 Å². The summed E-state index contributed by atoms with van der Waals surface area (Å²) in [5.74, 6) is 0. The van der Waals surface area contributed by atoms with Crippen molar-refractivity contribution in [1.82, 2.24) is 14.9 Å². The molecule has 2 aromatic heterocycles. The number of aromatic nitrogens is 2. The number of allylic oxidation sites excluding steroid dienone is 1. The fourth-order valence-corrected chi connectivity index (χ4v) is 4.07. The average Bonchev–Trinajstić information content (AvgIpc) is 2.99. The molecule has 1 spiro atoms. The topological polar surface area (TPSA) is 58.2 Å². The Balaban J connectivity index is 1.35. The number of hydrogen-bond donors (Lipinski definition) is 1. The lowest BCUT2D eigenvalue weighted by Gasteiger charge is -2.56. The second-order valence-corrected chi connectivity index (χ2v) is 7.81. The first-order valence-electron chi connectivity index (χ1n) is 9.46. The Bertz CT molecular complexity index is 916. The summed E-state index contributed by atoms with van der Waals surface area (Å²) in [6, 6.07) is 3.07. The van der Waals surface area contributed by atoms with Gasteiger partial charge in [0.1, 0.15) is 5.65 Å². The molecule has 4 rings (SSSR count). The largest absolute Gasteiger partial charge is 0.449 e. The van der Waals surface area contributed by atoms with Crippen LogP contribution in [0.2, 0.25) is 0 Å². The Kier molecular flexibility index (Phi) is 4.59. The maximum Gasteiger partial charge on any atom is 0.418 e. The standard InChI is InChI=1S/C20H22F3N3O2/c1-2-3-6-28-18(27)26-11-19(12-26)8-13(9-19)7-14-4-5-15-16(20(21,22)23)10-24-17(15)25-14/h4-5,7,10H,2-3,6,8-9,11-12H2,1H3,(H,24,25). The van der Waals surface area contributed by atoms with E-state index in [2.05, 4.69) is 9.97 Å². The number of unbranched alkanes of at least 4 members (excludes halogenated alkanes) is 1. The zero-order valence-electron chi connectivity index (χ0n) is 15.6. The monoisotopic (exact) mass is 393 g/mol. The van der Waals surface area contributed by atoms with Crippen LogP contribution >= 0.6 is 0 Å². The van der Waals surface area contributed by atoms with Crippen LogP contribution in [0.5, 0.6) is 0 Å². The number of carbonyl (C=O) groups is 1. The van der Waals surface area contributed by atoms with Crippen LogP contribution in [-0.4, -0.2) is 40.7 Å². The molecule has 5 nitrogen and oxygen atoms in total. The minimum atomic E-state index is -4.39. The molecule has 3 heterocycles. The van der Waals surface area contributed by atoms with Crippen LogP contribution in [0, 0.1) is 5.41 Å². The Morgan fingerprint density at radius 3 is 2.79 bits per heavy atom. The van der Waals surface area contributed by atoms with E-state index in [9.17, 15) is 18.0 Å². The predicted molar refractivity (Wildman–Crippen MR) is 98.6 cm³/mol. The van der Waals surface area contributed by atoms with E-state index < -0.39 is 11.7 Å². The third-order valence-corrected chi connectivity index (χ3v) is 5.46. The van der Waals surface area contributed by atoms with Gasteiger partial charge in [0.25, 0.3) is 0 Å². The molecule has 0 unspecified atom stereocenters. The van der Waals surface area contributed by atoms with Gasteiger partial charge in [-0.15, -0.1) is 0 Å². The fraction of sp³-hybridized carbons (Fsp3) is 0.500. The Labute approximate surface area is 160 Å². The minimum Gasteiger partial charge on any atom is -0.449 e. The van der Waals surface area contributed by atoms with E-state index in [-0.39, 0.29) is 22.5 Å². The summed E-state index contributed by atoms with van der Waals surface area (Å²) in [6.45, 7) is 3.92. The molecule has 1 saturated carbocycles. The molecule has 2 aromatic rings. The van der Waals surface area contributed by atoms with Crippen molar-refractivity contribution < 1.29 is 22.7 Å². The van der Waals surface area contributed by atoms with E-state index in [1.807, 2.05) is 13.0 Å². The number of pyridine rings is 1. The van der Waals surface area contributed by atoms with Crippen LogP contribution in [0.4, 0.5) is 18.0 Å². The molecule has 0 atom stereocenters. The molecule has 1 aliphatic heterocycles. The van der Waals surface area contributed by atoms with E-state index in [0.29, 0.717) is 25.4 Å². The molecule has 8 heteroatoms. The summed E-state index contributed by atoms with van der Waals surface area (Å²) in [7, 11) is 0. The first kappa shape index (κ1) is 18.8. The van der Waals surface area contributed by atoms with Crippen LogP contribution < -0.4 is 0 Å². The number of hydrogen-bond acceptors (Lipinski definition) is 3. The molecule has 1 amide bonds. The van der Waals surface area contributed by atoms with Gasteiger partial charge in [-0.3, -0.25) is 0 Å². The van der Waals surface area contributed by atoms with Crippen molar-refractivity contribution in [1.29, 1.82) is 0 Å². The van der Waals surface area contributed by atoms with Gasteiger partial charge in [0.05, 0.1) is 17.9 Å². The normalized spacial score (nSPS) is 18.1. The Morgan fingerprint density at radius 1 is 1.36 bits per heavy atom. The Hall–Kier alpha value is -2.51. The number of ether oxygens (including phenoxy) is 1. The molecule has 150 valence electrons. The highest BCUT2D eigenvalue weighted by Crippen LogP contribution is 2.52. The SMILES string of the molecule is CCCCOC(=O)N1CC2(CC(=Cc3ccc4c(C(F)(F)F)c[nH]c4n3)C2)C1. The molecule has 1 saturated heterocycles. The number of amides is 1. The van der Waals surface area contributed by atoms with Gasteiger partial charge in [0.15, 0.2) is 0 Å². The number of alkyl halides is 3. The zero-order chi connectivity index (χ0) is 19.9. The third-order valence-electron chi connectivity index (χ3n) is 5.46. The number of halogens is 3. The smallest absolute Gasteiger partial charge is 0.418 e. The number of nitrogens with zero attached hydrogens (tertiary/aromatic N) is 2. The lowest BCUT2D eigenvalue weighted by Crippen LogP contribution is -2.62. The summed E-state index contributed by atoms with van der Waals surface area (Å²) in [5, 5.41) is 0.0796. The van der Waals surface area contributed by atoms with Gasteiger partial charge in [-0.05, 0) is 37.5 Å². The molecule has 28 heavy (non-hydrogen) atoms. The van der Waals surface area contributed by atoms with Gasteiger partial charge >= 0.3 is 12.3 Å². The highest BCUT2D eigenvalue weighted by atomic mass is 19.4. The number of aromatic amines is 1. The predicted octanol–water partition coefficient (Wildman–Crippen LogP) is 5.00. The van der Waals surface area contributed by atoms with E-state index in [4.69, 9.17) is 4.74 Å². The van der Waals surface area contributed by atoms with Gasteiger partial charge in [-0.25, -0.2) is 9.78 Å². The third kappa shape index (κ3) is 3.47. The quantitative estimate of drug-likeness (QED) is 0.744. The van der Waals surface area contributed by atoms with Crippen molar-refractivity contribution in [3.8, 4) is 0 Å². The average molecular weight is 393 g/mol. The number of carbonyl (C=O) groups excluding carboxylic acids is 1. The van der Waals surface area contributed by atoms with Crippen LogP contribution in [0.15, 0.2) is 23.9 Å². The summed E-state index contributed by atoms with van der Waals surface area (Å²) in [4.78, 5) is 20.5. The molecular formula is C20H22F3N3O2. The molecule has 0 aromatic carbocycles. The van der Waals surface area contributed by atoms with Crippen molar-refractivity contribution in [2.45, 2.75) is 38.8 Å². The van der Waals surface area contributed by atoms with Gasteiger partial charge in [-0.2, -0.15) is 13.2 Å². The number of H-pyrrole nitrogens is 1. The molecule has 1 aliphatic carbocycles. The molecular weight excluding hydrogens is 371 g/mol. The fourth-order valence-electron chi connectivity index (χ4n) is 4.07. The van der Waals surface area contributed by atoms with Crippen molar-refractivity contribution >= 4 is 23.2 Å². The van der Waals surface area contributed by atoms with Crippen LogP contribution in [0.3, 0.4) is 0 Å². The molecule has 1 N–H and O–H groups in total. The van der Waals surface area contributed by atoms with Crippen molar-refractivity contribution in [2.24, 2.45) is 5.41 Å². The maximum absolute atomic E-state index is 12.9. The summed E-state index contributed by atoms with van der Waals surface area (Å²) < 4.78 is 44.0. The number of rotatable bonds is 4. The first-order valence-corrected chi connectivity index (χ1v) is 9.46. The first-order chi connectivity index (χ1) is 13.3. The van der Waals surface area contributed by atoms with E-state index >= 15 is 0 Å². The van der Waals surface area contributed by atoms with Crippen molar-refractivity contribution in [2.75, 3.05) is 19.7 Å². The minimum absolute atomic E-state index is 0.0796. The molecule has 0 radical (unpaired) electrons. The van der Waals surface area contributed by atoms with Crippen molar-refractivity contribution in [3.05, 3.63) is 35.2 Å². The summed E-state index contributed by atoms with van der Waals surface area (Å²) in [5.41, 5.74) is 1.52. The maximum atomic E-state index is 12.9. The van der Waals surface area contributed by atoms with Crippen LogP contribution in [-0.2, 0) is 10.9 Å². The second kappa shape index (κ2) is 6.83. The summed E-state index contributed by atoms with van der Waals surface area (Å²) >= 11 is 0. The number of fused-ring (bicyclic) bond motifs is 1. The zero-order valence-corrected chi connectivity index (χ0v) is 15.6. The van der Waals surface area contributed by atoms with E-state index in [0.717, 1.165) is 31.9 Å². The van der Waals surface area contributed by atoms with Gasteiger partial charge in [-0.1, -0.05) is 18.9 Å². The second-order valence-electron chi connectivity index (χ2n) is 7.81. The lowest BCUT2D eigenvalue weighted by molar-refractivity contribution is -0.136. The van der Waals surface area contributed by atoms with Gasteiger partial charge in [0, 0.05) is 30.1 Å². The summed E-state index contributed by atoms with van der Waals surface area (Å²) in [6.07, 6.45) is 1.88. The lowest BCUT2D eigenvalue weighted by atomic mass is 9.60. The van der Waals surface area contributed by atoms with E-state index in [1.165, 1.54) is 11.6 Å². The number of nitrogens with one attached hydrogen (secondary N) is 1. The number of likely N-dealkylation sites (tertiary alicyclic amines) is 1. The molecule has 2 aliphatic rings. The van der Waals surface area contributed by atoms with Crippen LogP contribution in [0.25, 0.3) is 17.1 Å².